The van der Waals surface area contributed by atoms with E-state index in [9.17, 15) is 0 Å². The molecule has 2 aliphatic heterocycles. The average molecular weight is 465 g/mol. The summed E-state index contributed by atoms with van der Waals surface area (Å²) in [4.78, 5) is 5.52. The summed E-state index contributed by atoms with van der Waals surface area (Å²) in [5.74, 6) is 0. The summed E-state index contributed by atoms with van der Waals surface area (Å²) in [5.41, 5.74) is 2.35. The van der Waals surface area contributed by atoms with Crippen LogP contribution in [0, 0.1) is 0 Å². The van der Waals surface area contributed by atoms with Gasteiger partial charge in [-0.05, 0) is 37.8 Å². The van der Waals surface area contributed by atoms with Crippen molar-refractivity contribution in [3.8, 4) is 0 Å². The topological polar surface area (TPSA) is 81.9 Å². The Morgan fingerprint density at radius 2 is 2.12 bits per heavy atom. The molecule has 0 bridgehead atoms. The number of ether oxygens (including phenoxy) is 3. The summed E-state index contributed by atoms with van der Waals surface area (Å²) in [6.07, 6.45) is 6.24. The van der Waals surface area contributed by atoms with Crippen molar-refractivity contribution in [3.05, 3.63) is 33.3 Å². The Morgan fingerprint density at radius 1 is 1.28 bits per heavy atom. The third-order valence-electron chi connectivity index (χ3n) is 6.48. The molecule has 2 aromatic rings. The first-order valence-electron chi connectivity index (χ1n) is 11.8. The van der Waals surface area contributed by atoms with Crippen LogP contribution in [0.4, 0.5) is 0 Å². The van der Waals surface area contributed by atoms with Gasteiger partial charge in [0.05, 0.1) is 57.5 Å². The average Bonchev–Trinajstić information content (AvgIpc) is 3.43. The van der Waals surface area contributed by atoms with Gasteiger partial charge in [-0.3, -0.25) is 4.90 Å². The largest absolute Gasteiger partial charge is 0.394 e. The highest BCUT2D eigenvalue weighted by atomic mass is 32.1. The number of nitrogens with zero attached hydrogens (tertiary/aromatic N) is 4. The highest BCUT2D eigenvalue weighted by Gasteiger charge is 2.44. The molecule has 32 heavy (non-hydrogen) atoms. The first-order chi connectivity index (χ1) is 15.6. The van der Waals surface area contributed by atoms with Gasteiger partial charge in [-0.1, -0.05) is 12.1 Å². The molecule has 0 aliphatic carbocycles. The van der Waals surface area contributed by atoms with E-state index in [1.54, 1.807) is 4.88 Å². The van der Waals surface area contributed by atoms with E-state index in [-0.39, 0.29) is 12.2 Å². The van der Waals surface area contributed by atoms with E-state index in [1.165, 1.54) is 10.4 Å². The van der Waals surface area contributed by atoms with Crippen molar-refractivity contribution in [2.45, 2.75) is 64.3 Å². The van der Waals surface area contributed by atoms with Crippen LogP contribution in [0.1, 0.15) is 47.7 Å². The molecule has 0 radical (unpaired) electrons. The van der Waals surface area contributed by atoms with Gasteiger partial charge in [0.1, 0.15) is 0 Å². The number of piperidine rings is 1. The van der Waals surface area contributed by atoms with Crippen LogP contribution in [0.3, 0.4) is 0 Å². The molecule has 0 aromatic carbocycles. The van der Waals surface area contributed by atoms with Crippen LogP contribution >= 0.6 is 11.3 Å². The predicted molar refractivity (Wildman–Crippen MR) is 123 cm³/mol. The summed E-state index contributed by atoms with van der Waals surface area (Å²) in [5, 5.41) is 17.3. The summed E-state index contributed by atoms with van der Waals surface area (Å²) in [6.45, 7) is 9.83. The maximum absolute atomic E-state index is 8.67. The summed E-state index contributed by atoms with van der Waals surface area (Å²) in [7, 11) is 0. The minimum atomic E-state index is -0.108. The number of hydrogen-bond donors (Lipinski definition) is 1. The molecule has 2 atom stereocenters. The first kappa shape index (κ1) is 23.8. The molecule has 178 valence electrons. The van der Waals surface area contributed by atoms with Gasteiger partial charge in [0, 0.05) is 41.5 Å². The van der Waals surface area contributed by atoms with E-state index >= 15 is 0 Å². The fraction of sp³-hybridized carbons (Fsp3) is 0.739. The van der Waals surface area contributed by atoms with Crippen LogP contribution in [0.25, 0.3) is 0 Å². The van der Waals surface area contributed by atoms with Crippen molar-refractivity contribution in [2.75, 3.05) is 46.2 Å². The second-order valence-electron chi connectivity index (χ2n) is 8.69. The minimum Gasteiger partial charge on any atom is -0.394 e. The van der Waals surface area contributed by atoms with Crippen LogP contribution < -0.4 is 0 Å². The second-order valence-corrected chi connectivity index (χ2v) is 9.91. The standard InChI is InChI=1S/C23H36N4O4S/c1-3-20-14-21-22(32-20)4-9-31-23(21)5-6-26(18(2)15-23)16-19-17-27(25-24-19)7-10-29-12-13-30-11-8-28/h14,17-18,28H,3-13,15-16H2,1-2H3/t18-,23+/m0/s1. The number of aryl methyl sites for hydroxylation is 1. The summed E-state index contributed by atoms with van der Waals surface area (Å²) >= 11 is 1.98. The third kappa shape index (κ3) is 5.58. The maximum Gasteiger partial charge on any atom is 0.0969 e. The number of likely N-dealkylation sites (tertiary alicyclic amines) is 1. The molecule has 1 saturated heterocycles. The summed E-state index contributed by atoms with van der Waals surface area (Å²) < 4.78 is 19.0. The number of thiophene rings is 1. The van der Waals surface area contributed by atoms with Gasteiger partial charge in [0.15, 0.2) is 0 Å². The van der Waals surface area contributed by atoms with Crippen molar-refractivity contribution < 1.29 is 19.3 Å². The number of aliphatic hydroxyl groups is 1. The van der Waals surface area contributed by atoms with Gasteiger partial charge >= 0.3 is 0 Å². The molecule has 1 fully saturated rings. The normalized spacial score (nSPS) is 23.7. The number of aromatic nitrogens is 3. The highest BCUT2D eigenvalue weighted by molar-refractivity contribution is 7.12. The van der Waals surface area contributed by atoms with Crippen molar-refractivity contribution >= 4 is 11.3 Å². The SMILES string of the molecule is CCc1cc2c(s1)CCO[C@@]21CCN(Cc2cn(CCOCCOCCO)nn2)[C@@H](C)C1. The Bertz CT molecular complexity index is 857. The van der Waals surface area contributed by atoms with Gasteiger partial charge in [-0.2, -0.15) is 0 Å². The van der Waals surface area contributed by atoms with E-state index in [0.29, 0.717) is 39.0 Å². The number of fused-ring (bicyclic) bond motifs is 2. The molecule has 0 amide bonds. The Labute approximate surface area is 194 Å². The van der Waals surface area contributed by atoms with Crippen molar-refractivity contribution in [1.82, 2.24) is 19.9 Å². The van der Waals surface area contributed by atoms with Crippen molar-refractivity contribution in [2.24, 2.45) is 0 Å². The maximum atomic E-state index is 8.67. The molecule has 0 unspecified atom stereocenters. The zero-order valence-electron chi connectivity index (χ0n) is 19.3. The van der Waals surface area contributed by atoms with Gasteiger partial charge in [0.2, 0.25) is 0 Å². The van der Waals surface area contributed by atoms with Gasteiger partial charge in [0.25, 0.3) is 0 Å². The molecular weight excluding hydrogens is 428 g/mol. The highest BCUT2D eigenvalue weighted by Crippen LogP contribution is 2.46. The van der Waals surface area contributed by atoms with Crippen LogP contribution in [-0.2, 0) is 45.7 Å². The Morgan fingerprint density at radius 3 is 2.91 bits per heavy atom. The molecule has 1 N–H and O–H groups in total. The monoisotopic (exact) mass is 464 g/mol. The lowest BCUT2D eigenvalue weighted by Crippen LogP contribution is -2.50. The zero-order chi connectivity index (χ0) is 22.4. The van der Waals surface area contributed by atoms with Gasteiger partial charge < -0.3 is 19.3 Å². The van der Waals surface area contributed by atoms with E-state index in [1.807, 2.05) is 22.2 Å². The summed E-state index contributed by atoms with van der Waals surface area (Å²) in [6, 6.07) is 2.83. The Hall–Kier alpha value is -1.36. The molecule has 0 saturated carbocycles. The lowest BCUT2D eigenvalue weighted by Gasteiger charge is -2.47. The first-order valence-corrected chi connectivity index (χ1v) is 12.6. The molecule has 4 rings (SSSR count). The van der Waals surface area contributed by atoms with Crippen molar-refractivity contribution in [1.29, 1.82) is 0 Å². The van der Waals surface area contributed by atoms with E-state index in [2.05, 4.69) is 35.1 Å². The van der Waals surface area contributed by atoms with E-state index in [0.717, 1.165) is 51.1 Å². The van der Waals surface area contributed by atoms with Gasteiger partial charge in [-0.15, -0.1) is 16.4 Å². The smallest absolute Gasteiger partial charge is 0.0969 e. The fourth-order valence-electron chi connectivity index (χ4n) is 4.78. The molecule has 4 heterocycles. The van der Waals surface area contributed by atoms with Crippen molar-refractivity contribution in [3.63, 3.8) is 0 Å². The fourth-order valence-corrected chi connectivity index (χ4v) is 5.96. The molecule has 2 aromatic heterocycles. The zero-order valence-corrected chi connectivity index (χ0v) is 20.1. The molecule has 2 aliphatic rings. The minimum absolute atomic E-state index is 0.0418. The van der Waals surface area contributed by atoms with E-state index < -0.39 is 0 Å². The predicted octanol–water partition coefficient (Wildman–Crippen LogP) is 2.38. The molecule has 1 spiro atoms. The van der Waals surface area contributed by atoms with Crippen LogP contribution in [0.15, 0.2) is 12.3 Å². The molecule has 8 nitrogen and oxygen atoms in total. The number of aliphatic hydroxyl groups excluding tert-OH is 1. The lowest BCUT2D eigenvalue weighted by molar-refractivity contribution is -0.112. The van der Waals surface area contributed by atoms with Crippen LogP contribution in [-0.4, -0.2) is 77.2 Å². The quantitative estimate of drug-likeness (QED) is 0.511. The van der Waals surface area contributed by atoms with Crippen LogP contribution in [0.2, 0.25) is 0 Å². The number of rotatable bonds is 11. The van der Waals surface area contributed by atoms with Crippen LogP contribution in [0.5, 0.6) is 0 Å². The third-order valence-corrected chi connectivity index (χ3v) is 7.82. The number of hydrogen-bond acceptors (Lipinski definition) is 8. The lowest BCUT2D eigenvalue weighted by atomic mass is 9.79. The van der Waals surface area contributed by atoms with E-state index in [4.69, 9.17) is 19.3 Å². The Kier molecular flexibility index (Phi) is 8.31. The van der Waals surface area contributed by atoms with Gasteiger partial charge in [-0.25, -0.2) is 4.68 Å². The second kappa shape index (κ2) is 11.2. The Balaban J connectivity index is 1.26. The molecule has 9 heteroatoms. The molecular formula is C23H36N4O4S.